The molecule has 1 amide bonds. The highest BCUT2D eigenvalue weighted by atomic mass is 16.6. The Bertz CT molecular complexity index is 227. The largest absolute Gasteiger partial charge is 0.446 e. The lowest BCUT2D eigenvalue weighted by Gasteiger charge is -2.28. The van der Waals surface area contributed by atoms with Gasteiger partial charge in [0.1, 0.15) is 6.10 Å². The zero-order valence-corrected chi connectivity index (χ0v) is 11.4. The minimum absolute atomic E-state index is 0.0138. The van der Waals surface area contributed by atoms with Crippen LogP contribution in [0.3, 0.4) is 0 Å². The molecule has 1 atom stereocenters. The third-order valence-electron chi connectivity index (χ3n) is 3.39. The number of carbonyl (C=O) groups is 1. The van der Waals surface area contributed by atoms with Crippen molar-refractivity contribution in [1.82, 2.24) is 9.80 Å². The molecule has 17 heavy (non-hydrogen) atoms. The van der Waals surface area contributed by atoms with Crippen LogP contribution in [0.15, 0.2) is 0 Å². The van der Waals surface area contributed by atoms with E-state index in [0.717, 1.165) is 19.5 Å². The zero-order valence-electron chi connectivity index (χ0n) is 11.4. The first-order valence-corrected chi connectivity index (χ1v) is 6.77. The molecule has 1 aliphatic heterocycles. The van der Waals surface area contributed by atoms with Gasteiger partial charge in [-0.25, -0.2) is 4.79 Å². The summed E-state index contributed by atoms with van der Waals surface area (Å²) in [4.78, 5) is 15.8. The minimum atomic E-state index is -0.198. The molecule has 4 nitrogen and oxygen atoms in total. The summed E-state index contributed by atoms with van der Waals surface area (Å²) < 4.78 is 5.27. The molecule has 1 rings (SSSR count). The van der Waals surface area contributed by atoms with E-state index in [0.29, 0.717) is 0 Å². The molecule has 1 heterocycles. The van der Waals surface area contributed by atoms with E-state index in [-0.39, 0.29) is 12.2 Å². The van der Waals surface area contributed by atoms with E-state index in [9.17, 15) is 4.79 Å². The van der Waals surface area contributed by atoms with Crippen LogP contribution in [-0.2, 0) is 4.74 Å². The fraction of sp³-hybridized carbons (Fsp3) is 0.923. The topological polar surface area (TPSA) is 32.8 Å². The number of hydrogen-bond donors (Lipinski definition) is 0. The van der Waals surface area contributed by atoms with Gasteiger partial charge in [0.05, 0.1) is 0 Å². The molecule has 0 radical (unpaired) electrons. The van der Waals surface area contributed by atoms with Crippen LogP contribution in [0, 0.1) is 0 Å². The summed E-state index contributed by atoms with van der Waals surface area (Å²) in [6.07, 6.45) is 4.62. The lowest BCUT2D eigenvalue weighted by atomic mass is 10.1. The van der Waals surface area contributed by atoms with Gasteiger partial charge in [-0.2, -0.15) is 0 Å². The van der Waals surface area contributed by atoms with Crippen molar-refractivity contribution < 1.29 is 9.53 Å². The summed E-state index contributed by atoms with van der Waals surface area (Å²) in [7, 11) is 1.81. The van der Waals surface area contributed by atoms with Gasteiger partial charge in [0.2, 0.25) is 0 Å². The average molecular weight is 242 g/mol. The Morgan fingerprint density at radius 2 is 2.00 bits per heavy atom. The van der Waals surface area contributed by atoms with Gasteiger partial charge in [-0.05, 0) is 39.3 Å². The second kappa shape index (κ2) is 7.54. The maximum atomic E-state index is 11.7. The number of likely N-dealkylation sites (tertiary alicyclic amines) is 1. The standard InChI is InChI=1S/C13H26N2O2/c1-4-12(2)17-13(16)14(3)10-11-15-8-6-5-7-9-15/h12H,4-11H2,1-3H3. The van der Waals surface area contributed by atoms with E-state index in [2.05, 4.69) is 4.90 Å². The Balaban J connectivity index is 2.18. The number of carbonyl (C=O) groups excluding carboxylic acids is 1. The van der Waals surface area contributed by atoms with Crippen LogP contribution in [0.25, 0.3) is 0 Å². The number of ether oxygens (including phenoxy) is 1. The molecule has 100 valence electrons. The fourth-order valence-corrected chi connectivity index (χ4v) is 1.91. The van der Waals surface area contributed by atoms with Crippen LogP contribution in [0.1, 0.15) is 39.5 Å². The van der Waals surface area contributed by atoms with Gasteiger partial charge in [0.25, 0.3) is 0 Å². The lowest BCUT2D eigenvalue weighted by molar-refractivity contribution is 0.0715. The van der Waals surface area contributed by atoms with Gasteiger partial charge in [-0.15, -0.1) is 0 Å². The van der Waals surface area contributed by atoms with Crippen molar-refractivity contribution in [2.45, 2.75) is 45.6 Å². The number of rotatable bonds is 5. The normalized spacial score (nSPS) is 18.8. The average Bonchev–Trinajstić information content (AvgIpc) is 2.36. The molecule has 1 aliphatic rings. The van der Waals surface area contributed by atoms with Crippen LogP contribution in [0.4, 0.5) is 4.79 Å². The summed E-state index contributed by atoms with van der Waals surface area (Å²) in [6, 6.07) is 0. The number of amides is 1. The fourth-order valence-electron chi connectivity index (χ4n) is 1.91. The molecule has 4 heteroatoms. The first-order valence-electron chi connectivity index (χ1n) is 6.77. The van der Waals surface area contributed by atoms with Gasteiger partial charge in [0.15, 0.2) is 0 Å². The first kappa shape index (κ1) is 14.3. The summed E-state index contributed by atoms with van der Waals surface area (Å²) in [5.41, 5.74) is 0. The van der Waals surface area contributed by atoms with Crippen LogP contribution in [0.5, 0.6) is 0 Å². The molecule has 1 saturated heterocycles. The highest BCUT2D eigenvalue weighted by molar-refractivity contribution is 5.67. The molecule has 0 aromatic rings. The van der Waals surface area contributed by atoms with Crippen molar-refractivity contribution in [3.63, 3.8) is 0 Å². The molecule has 0 spiro atoms. The molecule has 0 saturated carbocycles. The highest BCUT2D eigenvalue weighted by Crippen LogP contribution is 2.08. The molecular weight excluding hydrogens is 216 g/mol. The third-order valence-corrected chi connectivity index (χ3v) is 3.39. The molecule has 0 aromatic carbocycles. The zero-order chi connectivity index (χ0) is 12.7. The van der Waals surface area contributed by atoms with E-state index in [1.54, 1.807) is 4.90 Å². The molecule has 1 fully saturated rings. The molecule has 0 aliphatic carbocycles. The number of hydrogen-bond acceptors (Lipinski definition) is 3. The Morgan fingerprint density at radius 1 is 1.35 bits per heavy atom. The maximum Gasteiger partial charge on any atom is 0.409 e. The van der Waals surface area contributed by atoms with Crippen molar-refractivity contribution in [2.24, 2.45) is 0 Å². The Morgan fingerprint density at radius 3 is 2.59 bits per heavy atom. The number of likely N-dealkylation sites (N-methyl/N-ethyl adjacent to an activating group) is 1. The Hall–Kier alpha value is -0.770. The van der Waals surface area contributed by atoms with Gasteiger partial charge >= 0.3 is 6.09 Å². The van der Waals surface area contributed by atoms with E-state index >= 15 is 0 Å². The smallest absolute Gasteiger partial charge is 0.409 e. The molecule has 1 unspecified atom stereocenters. The van der Waals surface area contributed by atoms with E-state index in [1.807, 2.05) is 20.9 Å². The quantitative estimate of drug-likeness (QED) is 0.742. The van der Waals surface area contributed by atoms with Gasteiger partial charge in [0, 0.05) is 20.1 Å². The first-order chi connectivity index (χ1) is 8.13. The molecular formula is C13H26N2O2. The summed E-state index contributed by atoms with van der Waals surface area (Å²) >= 11 is 0. The lowest BCUT2D eigenvalue weighted by Crippen LogP contribution is -2.39. The van der Waals surface area contributed by atoms with Crippen molar-refractivity contribution in [3.05, 3.63) is 0 Å². The molecule has 0 N–H and O–H groups in total. The van der Waals surface area contributed by atoms with E-state index < -0.39 is 0 Å². The van der Waals surface area contributed by atoms with Crippen molar-refractivity contribution in [2.75, 3.05) is 33.2 Å². The predicted molar refractivity (Wildman–Crippen MR) is 69.2 cm³/mol. The summed E-state index contributed by atoms with van der Waals surface area (Å²) in [5, 5.41) is 0. The van der Waals surface area contributed by atoms with Crippen molar-refractivity contribution in [3.8, 4) is 0 Å². The summed E-state index contributed by atoms with van der Waals surface area (Å²) in [6.45, 7) is 8.02. The Kier molecular flexibility index (Phi) is 6.34. The van der Waals surface area contributed by atoms with Crippen LogP contribution < -0.4 is 0 Å². The van der Waals surface area contributed by atoms with Crippen LogP contribution in [-0.4, -0.2) is 55.2 Å². The van der Waals surface area contributed by atoms with E-state index in [4.69, 9.17) is 4.74 Å². The minimum Gasteiger partial charge on any atom is -0.446 e. The van der Waals surface area contributed by atoms with Gasteiger partial charge < -0.3 is 14.5 Å². The summed E-state index contributed by atoms with van der Waals surface area (Å²) in [5.74, 6) is 0. The Labute approximate surface area is 105 Å². The number of nitrogens with zero attached hydrogens (tertiary/aromatic N) is 2. The molecule has 0 bridgehead atoms. The highest BCUT2D eigenvalue weighted by Gasteiger charge is 2.15. The SMILES string of the molecule is CCC(C)OC(=O)N(C)CCN1CCCCC1. The van der Waals surface area contributed by atoms with Crippen molar-refractivity contribution in [1.29, 1.82) is 0 Å². The second-order valence-corrected chi connectivity index (χ2v) is 4.93. The third kappa shape index (κ3) is 5.39. The predicted octanol–water partition coefficient (Wildman–Crippen LogP) is 2.34. The van der Waals surface area contributed by atoms with Crippen LogP contribution in [0.2, 0.25) is 0 Å². The number of piperidine rings is 1. The molecule has 0 aromatic heterocycles. The van der Waals surface area contributed by atoms with Crippen LogP contribution >= 0.6 is 0 Å². The van der Waals surface area contributed by atoms with Gasteiger partial charge in [-0.1, -0.05) is 13.3 Å². The monoisotopic (exact) mass is 242 g/mol. The maximum absolute atomic E-state index is 11.7. The second-order valence-electron chi connectivity index (χ2n) is 4.93. The van der Waals surface area contributed by atoms with Gasteiger partial charge in [-0.3, -0.25) is 0 Å². The van der Waals surface area contributed by atoms with E-state index in [1.165, 1.54) is 32.4 Å². The van der Waals surface area contributed by atoms with Crippen molar-refractivity contribution >= 4 is 6.09 Å².